The van der Waals surface area contributed by atoms with E-state index in [0.29, 0.717) is 0 Å². The second-order valence-electron chi connectivity index (χ2n) is 4.82. The van der Waals surface area contributed by atoms with Gasteiger partial charge in [-0.05, 0) is 38.0 Å². The van der Waals surface area contributed by atoms with Crippen LogP contribution in [-0.2, 0) is 17.5 Å². The van der Waals surface area contributed by atoms with Crippen molar-refractivity contribution in [2.75, 3.05) is 5.73 Å². The second-order valence-corrected chi connectivity index (χ2v) is 4.82. The van der Waals surface area contributed by atoms with Gasteiger partial charge in [-0.1, -0.05) is 13.0 Å². The van der Waals surface area contributed by atoms with Crippen molar-refractivity contribution in [3.05, 3.63) is 29.3 Å². The third kappa shape index (κ3) is 3.91. The number of nitrogens with two attached hydrogens (primary N) is 1. The molecule has 0 saturated heterocycles. The van der Waals surface area contributed by atoms with Crippen LogP contribution in [-0.4, -0.2) is 5.60 Å². The van der Waals surface area contributed by atoms with E-state index in [2.05, 4.69) is 0 Å². The number of halogens is 3. The molecule has 0 amide bonds. The van der Waals surface area contributed by atoms with Crippen LogP contribution in [0.15, 0.2) is 18.2 Å². The SMILES string of the molecule is CCC(C)(C)OCc1ccc(N)cc1C(F)(F)F. The van der Waals surface area contributed by atoms with Crippen LogP contribution in [0, 0.1) is 0 Å². The Hall–Kier alpha value is -1.23. The molecule has 0 aliphatic carbocycles. The highest BCUT2D eigenvalue weighted by Crippen LogP contribution is 2.34. The van der Waals surface area contributed by atoms with Gasteiger partial charge in [0.15, 0.2) is 0 Å². The Morgan fingerprint density at radius 3 is 2.33 bits per heavy atom. The number of benzene rings is 1. The first-order valence-corrected chi connectivity index (χ1v) is 5.75. The molecule has 1 aromatic rings. The smallest absolute Gasteiger partial charge is 0.399 e. The van der Waals surface area contributed by atoms with Gasteiger partial charge in [-0.2, -0.15) is 13.2 Å². The summed E-state index contributed by atoms with van der Waals surface area (Å²) in [4.78, 5) is 0. The molecule has 0 fully saturated rings. The molecule has 0 spiro atoms. The third-order valence-electron chi connectivity index (χ3n) is 2.91. The second kappa shape index (κ2) is 5.18. The number of nitrogen functional groups attached to an aromatic ring is 1. The predicted octanol–water partition coefficient (Wildman–Crippen LogP) is 3.99. The standard InChI is InChI=1S/C13H18F3NO/c1-4-12(2,3)18-8-9-5-6-10(17)7-11(9)13(14,15)16/h5-7H,4,8,17H2,1-3H3. The van der Waals surface area contributed by atoms with Gasteiger partial charge in [-0.15, -0.1) is 0 Å². The molecular weight excluding hydrogens is 243 g/mol. The molecule has 2 nitrogen and oxygen atoms in total. The monoisotopic (exact) mass is 261 g/mol. The van der Waals surface area contributed by atoms with Crippen molar-refractivity contribution in [2.24, 2.45) is 0 Å². The minimum absolute atomic E-state index is 0.0734. The molecular formula is C13H18F3NO. The lowest BCUT2D eigenvalue weighted by molar-refractivity contribution is -0.139. The number of hydrogen-bond donors (Lipinski definition) is 1. The van der Waals surface area contributed by atoms with E-state index in [1.54, 1.807) is 0 Å². The maximum absolute atomic E-state index is 12.8. The number of rotatable bonds is 4. The van der Waals surface area contributed by atoms with Gasteiger partial charge in [0, 0.05) is 5.69 Å². The van der Waals surface area contributed by atoms with E-state index in [0.717, 1.165) is 12.5 Å². The summed E-state index contributed by atoms with van der Waals surface area (Å²) < 4.78 is 44.0. The van der Waals surface area contributed by atoms with Crippen molar-refractivity contribution in [3.63, 3.8) is 0 Å². The molecule has 0 saturated carbocycles. The molecule has 1 rings (SSSR count). The molecule has 0 atom stereocenters. The van der Waals surface area contributed by atoms with Gasteiger partial charge >= 0.3 is 6.18 Å². The Morgan fingerprint density at radius 1 is 1.22 bits per heavy atom. The normalized spacial score (nSPS) is 12.8. The average Bonchev–Trinajstić information content (AvgIpc) is 2.26. The first kappa shape index (κ1) is 14.8. The molecule has 1 aromatic carbocycles. The van der Waals surface area contributed by atoms with E-state index in [9.17, 15) is 13.2 Å². The zero-order chi connectivity index (χ0) is 14.0. The van der Waals surface area contributed by atoms with E-state index in [4.69, 9.17) is 10.5 Å². The van der Waals surface area contributed by atoms with Crippen molar-refractivity contribution in [3.8, 4) is 0 Å². The first-order chi connectivity index (χ1) is 8.15. The van der Waals surface area contributed by atoms with E-state index in [1.807, 2.05) is 20.8 Å². The number of anilines is 1. The van der Waals surface area contributed by atoms with Crippen molar-refractivity contribution >= 4 is 5.69 Å². The van der Waals surface area contributed by atoms with Crippen molar-refractivity contribution in [2.45, 2.75) is 45.6 Å². The average molecular weight is 261 g/mol. The minimum atomic E-state index is -4.41. The highest BCUT2D eigenvalue weighted by molar-refractivity contribution is 5.45. The Kier molecular flexibility index (Phi) is 4.27. The summed E-state index contributed by atoms with van der Waals surface area (Å²) >= 11 is 0. The molecule has 2 N–H and O–H groups in total. The lowest BCUT2D eigenvalue weighted by Crippen LogP contribution is -2.23. The highest BCUT2D eigenvalue weighted by atomic mass is 19.4. The maximum atomic E-state index is 12.8. The van der Waals surface area contributed by atoms with Gasteiger partial charge in [0.2, 0.25) is 0 Å². The van der Waals surface area contributed by atoms with Crippen molar-refractivity contribution in [1.29, 1.82) is 0 Å². The molecule has 0 aliphatic heterocycles. The van der Waals surface area contributed by atoms with Crippen LogP contribution in [0.5, 0.6) is 0 Å². The minimum Gasteiger partial charge on any atom is -0.399 e. The lowest BCUT2D eigenvalue weighted by atomic mass is 10.0. The fraction of sp³-hybridized carbons (Fsp3) is 0.538. The lowest BCUT2D eigenvalue weighted by Gasteiger charge is -2.24. The van der Waals surface area contributed by atoms with Crippen molar-refractivity contribution < 1.29 is 17.9 Å². The first-order valence-electron chi connectivity index (χ1n) is 5.75. The summed E-state index contributed by atoms with van der Waals surface area (Å²) in [5.41, 5.74) is 4.43. The van der Waals surface area contributed by atoms with Crippen LogP contribution >= 0.6 is 0 Å². The van der Waals surface area contributed by atoms with E-state index < -0.39 is 17.3 Å². The van der Waals surface area contributed by atoms with Gasteiger partial charge in [0.25, 0.3) is 0 Å². The molecule has 18 heavy (non-hydrogen) atoms. The van der Waals surface area contributed by atoms with E-state index >= 15 is 0 Å². The Morgan fingerprint density at radius 2 is 1.83 bits per heavy atom. The quantitative estimate of drug-likeness (QED) is 0.832. The maximum Gasteiger partial charge on any atom is 0.416 e. The Balaban J connectivity index is 2.96. The fourth-order valence-electron chi connectivity index (χ4n) is 1.36. The van der Waals surface area contributed by atoms with Gasteiger partial charge < -0.3 is 10.5 Å². The fourth-order valence-corrected chi connectivity index (χ4v) is 1.36. The number of hydrogen-bond acceptors (Lipinski definition) is 2. The summed E-state index contributed by atoms with van der Waals surface area (Å²) in [6, 6.07) is 3.76. The zero-order valence-electron chi connectivity index (χ0n) is 10.8. The predicted molar refractivity (Wildman–Crippen MR) is 65.0 cm³/mol. The molecule has 0 bridgehead atoms. The van der Waals surface area contributed by atoms with Gasteiger partial charge in [0.05, 0.1) is 17.8 Å². The van der Waals surface area contributed by atoms with E-state index in [1.165, 1.54) is 12.1 Å². The molecule has 0 aromatic heterocycles. The van der Waals surface area contributed by atoms with Crippen molar-refractivity contribution in [1.82, 2.24) is 0 Å². The largest absolute Gasteiger partial charge is 0.416 e. The van der Waals surface area contributed by atoms with Crippen LogP contribution in [0.2, 0.25) is 0 Å². The molecule has 0 radical (unpaired) electrons. The molecule has 5 heteroatoms. The topological polar surface area (TPSA) is 35.2 Å². The van der Waals surface area contributed by atoms with Crippen LogP contribution in [0.25, 0.3) is 0 Å². The van der Waals surface area contributed by atoms with E-state index in [-0.39, 0.29) is 17.9 Å². The summed E-state index contributed by atoms with van der Waals surface area (Å²) in [6.07, 6.45) is -3.69. The molecule has 0 aliphatic rings. The molecule has 0 unspecified atom stereocenters. The highest BCUT2D eigenvalue weighted by Gasteiger charge is 2.33. The van der Waals surface area contributed by atoms with Crippen LogP contribution < -0.4 is 5.73 Å². The Bertz CT molecular complexity index is 413. The third-order valence-corrected chi connectivity index (χ3v) is 2.91. The molecule has 0 heterocycles. The number of alkyl halides is 3. The summed E-state index contributed by atoms with van der Waals surface area (Å²) in [5, 5.41) is 0. The Labute approximate surface area is 105 Å². The van der Waals surface area contributed by atoms with Gasteiger partial charge in [-0.25, -0.2) is 0 Å². The van der Waals surface area contributed by atoms with Crippen LogP contribution in [0.1, 0.15) is 38.3 Å². The number of ether oxygens (including phenoxy) is 1. The van der Waals surface area contributed by atoms with Gasteiger partial charge in [0.1, 0.15) is 0 Å². The summed E-state index contributed by atoms with van der Waals surface area (Å²) in [7, 11) is 0. The summed E-state index contributed by atoms with van der Waals surface area (Å²) in [6.45, 7) is 5.54. The van der Waals surface area contributed by atoms with Gasteiger partial charge in [-0.3, -0.25) is 0 Å². The summed E-state index contributed by atoms with van der Waals surface area (Å²) in [5.74, 6) is 0. The van der Waals surface area contributed by atoms with Crippen LogP contribution in [0.4, 0.5) is 18.9 Å². The molecule has 102 valence electrons. The van der Waals surface area contributed by atoms with Crippen LogP contribution in [0.3, 0.4) is 0 Å². The zero-order valence-corrected chi connectivity index (χ0v) is 10.8.